The SMILES string of the molecule is CC(CN)(Cc1ccc(Br)cc1)NCCCCCO. The van der Waals surface area contributed by atoms with Crippen LogP contribution in [0.15, 0.2) is 28.7 Å². The normalized spacial score (nSPS) is 14.3. The summed E-state index contributed by atoms with van der Waals surface area (Å²) in [6, 6.07) is 8.39. The van der Waals surface area contributed by atoms with E-state index in [1.807, 2.05) is 0 Å². The Hall–Kier alpha value is -0.420. The van der Waals surface area contributed by atoms with Gasteiger partial charge >= 0.3 is 0 Å². The van der Waals surface area contributed by atoms with Gasteiger partial charge in [0.15, 0.2) is 0 Å². The molecule has 1 aromatic carbocycles. The standard InChI is InChI=1S/C15H25BrN2O/c1-15(12-17,18-9-3-2-4-10-19)11-13-5-7-14(16)8-6-13/h5-8,18-19H,2-4,9-12,17H2,1H3. The Morgan fingerprint density at radius 3 is 2.47 bits per heavy atom. The predicted octanol–water partition coefficient (Wildman–Crippen LogP) is 2.46. The first-order valence-corrected chi connectivity index (χ1v) is 7.69. The summed E-state index contributed by atoms with van der Waals surface area (Å²) in [7, 11) is 0. The Labute approximate surface area is 124 Å². The molecule has 0 fully saturated rings. The highest BCUT2D eigenvalue weighted by Crippen LogP contribution is 2.16. The van der Waals surface area contributed by atoms with E-state index in [-0.39, 0.29) is 12.1 Å². The Bertz CT molecular complexity index is 356. The van der Waals surface area contributed by atoms with Crippen molar-refractivity contribution in [1.82, 2.24) is 5.32 Å². The zero-order valence-electron chi connectivity index (χ0n) is 11.7. The third-order valence-electron chi connectivity index (χ3n) is 3.34. The minimum Gasteiger partial charge on any atom is -0.396 e. The monoisotopic (exact) mass is 328 g/mol. The fraction of sp³-hybridized carbons (Fsp3) is 0.600. The lowest BCUT2D eigenvalue weighted by atomic mass is 9.92. The van der Waals surface area contributed by atoms with Crippen LogP contribution in [0.1, 0.15) is 31.7 Å². The van der Waals surface area contributed by atoms with E-state index in [0.717, 1.165) is 36.7 Å². The molecule has 1 rings (SSSR count). The van der Waals surface area contributed by atoms with Gasteiger partial charge in [0.1, 0.15) is 0 Å². The molecule has 0 aliphatic carbocycles. The van der Waals surface area contributed by atoms with Crippen molar-refractivity contribution in [2.24, 2.45) is 5.73 Å². The number of benzene rings is 1. The predicted molar refractivity (Wildman–Crippen MR) is 84.2 cm³/mol. The maximum Gasteiger partial charge on any atom is 0.0431 e. The minimum absolute atomic E-state index is 0.0625. The third kappa shape index (κ3) is 6.52. The highest BCUT2D eigenvalue weighted by molar-refractivity contribution is 9.10. The van der Waals surface area contributed by atoms with Gasteiger partial charge in [-0.2, -0.15) is 0 Å². The molecule has 4 N–H and O–H groups in total. The molecular formula is C15H25BrN2O. The number of nitrogens with two attached hydrogens (primary N) is 1. The number of aliphatic hydroxyl groups is 1. The lowest BCUT2D eigenvalue weighted by Gasteiger charge is -2.30. The summed E-state index contributed by atoms with van der Waals surface area (Å²) in [5, 5.41) is 12.3. The summed E-state index contributed by atoms with van der Waals surface area (Å²) in [6.07, 6.45) is 3.95. The molecule has 0 heterocycles. The lowest BCUT2D eigenvalue weighted by molar-refractivity contribution is 0.280. The van der Waals surface area contributed by atoms with Crippen molar-refractivity contribution < 1.29 is 5.11 Å². The molecule has 0 bridgehead atoms. The van der Waals surface area contributed by atoms with Crippen LogP contribution in [0.5, 0.6) is 0 Å². The number of rotatable bonds is 9. The second kappa shape index (κ2) is 8.69. The van der Waals surface area contributed by atoms with Crippen molar-refractivity contribution in [3.05, 3.63) is 34.3 Å². The average Bonchev–Trinajstić information content (AvgIpc) is 2.41. The molecule has 0 saturated carbocycles. The van der Waals surface area contributed by atoms with Gasteiger partial charge in [-0.05, 0) is 56.8 Å². The van der Waals surface area contributed by atoms with Gasteiger partial charge in [-0.3, -0.25) is 0 Å². The van der Waals surface area contributed by atoms with Gasteiger partial charge in [-0.1, -0.05) is 28.1 Å². The Balaban J connectivity index is 2.43. The van der Waals surface area contributed by atoms with E-state index in [9.17, 15) is 0 Å². The minimum atomic E-state index is -0.0625. The van der Waals surface area contributed by atoms with Crippen LogP contribution in [0, 0.1) is 0 Å². The van der Waals surface area contributed by atoms with Crippen LogP contribution in [0.3, 0.4) is 0 Å². The molecule has 19 heavy (non-hydrogen) atoms. The Kier molecular flexibility index (Phi) is 7.61. The quantitative estimate of drug-likeness (QED) is 0.610. The molecule has 0 amide bonds. The number of unbranched alkanes of at least 4 members (excludes halogenated alkanes) is 2. The second-order valence-electron chi connectivity index (χ2n) is 5.28. The van der Waals surface area contributed by atoms with Crippen LogP contribution in [0.25, 0.3) is 0 Å². The van der Waals surface area contributed by atoms with Gasteiger partial charge < -0.3 is 16.2 Å². The van der Waals surface area contributed by atoms with Crippen molar-refractivity contribution in [1.29, 1.82) is 0 Å². The van der Waals surface area contributed by atoms with Crippen LogP contribution < -0.4 is 11.1 Å². The van der Waals surface area contributed by atoms with E-state index < -0.39 is 0 Å². The fourth-order valence-electron chi connectivity index (χ4n) is 2.06. The first-order chi connectivity index (χ1) is 9.09. The molecule has 1 aromatic rings. The molecule has 0 saturated heterocycles. The van der Waals surface area contributed by atoms with Crippen LogP contribution in [0.2, 0.25) is 0 Å². The zero-order valence-corrected chi connectivity index (χ0v) is 13.2. The van der Waals surface area contributed by atoms with Crippen LogP contribution in [-0.4, -0.2) is 30.3 Å². The zero-order chi connectivity index (χ0) is 14.1. The van der Waals surface area contributed by atoms with Gasteiger partial charge in [0.05, 0.1) is 0 Å². The Morgan fingerprint density at radius 2 is 1.89 bits per heavy atom. The molecule has 4 heteroatoms. The first-order valence-electron chi connectivity index (χ1n) is 6.90. The highest BCUT2D eigenvalue weighted by Gasteiger charge is 2.21. The van der Waals surface area contributed by atoms with E-state index in [1.165, 1.54) is 5.56 Å². The summed E-state index contributed by atoms with van der Waals surface area (Å²) >= 11 is 3.45. The first kappa shape index (κ1) is 16.6. The lowest BCUT2D eigenvalue weighted by Crippen LogP contribution is -2.50. The third-order valence-corrected chi connectivity index (χ3v) is 3.87. The van der Waals surface area contributed by atoms with Crippen LogP contribution in [-0.2, 0) is 6.42 Å². The van der Waals surface area contributed by atoms with Crippen LogP contribution in [0.4, 0.5) is 0 Å². The number of hydrogen-bond acceptors (Lipinski definition) is 3. The molecule has 0 radical (unpaired) electrons. The molecule has 0 spiro atoms. The van der Waals surface area contributed by atoms with Gasteiger partial charge in [0, 0.05) is 23.2 Å². The van der Waals surface area contributed by atoms with Crippen molar-refractivity contribution in [2.45, 2.75) is 38.1 Å². The van der Waals surface area contributed by atoms with E-state index in [4.69, 9.17) is 10.8 Å². The second-order valence-corrected chi connectivity index (χ2v) is 6.19. The van der Waals surface area contributed by atoms with Crippen molar-refractivity contribution in [2.75, 3.05) is 19.7 Å². The van der Waals surface area contributed by atoms with Gasteiger partial charge in [0.2, 0.25) is 0 Å². The highest BCUT2D eigenvalue weighted by atomic mass is 79.9. The van der Waals surface area contributed by atoms with Crippen LogP contribution >= 0.6 is 15.9 Å². The molecule has 0 aliphatic heterocycles. The van der Waals surface area contributed by atoms with E-state index in [1.54, 1.807) is 0 Å². The van der Waals surface area contributed by atoms with E-state index in [2.05, 4.69) is 52.4 Å². The number of hydrogen-bond donors (Lipinski definition) is 3. The molecule has 108 valence electrons. The topological polar surface area (TPSA) is 58.3 Å². The Morgan fingerprint density at radius 1 is 1.21 bits per heavy atom. The van der Waals surface area contributed by atoms with Crippen molar-refractivity contribution in [3.8, 4) is 0 Å². The summed E-state index contributed by atoms with van der Waals surface area (Å²) in [4.78, 5) is 0. The number of aliphatic hydroxyl groups excluding tert-OH is 1. The molecule has 1 unspecified atom stereocenters. The van der Waals surface area contributed by atoms with Gasteiger partial charge in [0.25, 0.3) is 0 Å². The maximum atomic E-state index is 8.74. The molecule has 0 aromatic heterocycles. The molecule has 3 nitrogen and oxygen atoms in total. The largest absolute Gasteiger partial charge is 0.396 e. The fourth-order valence-corrected chi connectivity index (χ4v) is 2.33. The average molecular weight is 329 g/mol. The van der Waals surface area contributed by atoms with Crippen molar-refractivity contribution >= 4 is 15.9 Å². The van der Waals surface area contributed by atoms with Gasteiger partial charge in [-0.15, -0.1) is 0 Å². The van der Waals surface area contributed by atoms with Crippen molar-refractivity contribution in [3.63, 3.8) is 0 Å². The number of halogens is 1. The van der Waals surface area contributed by atoms with E-state index in [0.29, 0.717) is 6.54 Å². The molecule has 0 aliphatic rings. The summed E-state index contributed by atoms with van der Waals surface area (Å²) in [5.74, 6) is 0. The molecule has 1 atom stereocenters. The van der Waals surface area contributed by atoms with Gasteiger partial charge in [-0.25, -0.2) is 0 Å². The van der Waals surface area contributed by atoms with E-state index >= 15 is 0 Å². The maximum absolute atomic E-state index is 8.74. The summed E-state index contributed by atoms with van der Waals surface area (Å²) in [5.41, 5.74) is 7.14. The summed E-state index contributed by atoms with van der Waals surface area (Å²) < 4.78 is 1.10. The summed E-state index contributed by atoms with van der Waals surface area (Å²) in [6.45, 7) is 4.02. The number of nitrogens with one attached hydrogen (secondary N) is 1. The smallest absolute Gasteiger partial charge is 0.0431 e. The molecular weight excluding hydrogens is 304 g/mol.